The van der Waals surface area contributed by atoms with Gasteiger partial charge in [-0.1, -0.05) is 24.3 Å². The molecular formula is C10H15NO2. The van der Waals surface area contributed by atoms with Gasteiger partial charge in [0.15, 0.2) is 0 Å². The van der Waals surface area contributed by atoms with Crippen molar-refractivity contribution in [2.75, 3.05) is 6.54 Å². The van der Waals surface area contributed by atoms with Gasteiger partial charge in [0, 0.05) is 6.54 Å². The first-order chi connectivity index (χ1) is 6.16. The number of rotatable bonds is 3. The number of nitrogens with two attached hydrogens (primary N) is 1. The molecule has 1 aromatic rings. The Kier molecular flexibility index (Phi) is 3.42. The zero-order valence-corrected chi connectivity index (χ0v) is 7.64. The number of benzene rings is 1. The summed E-state index contributed by atoms with van der Waals surface area (Å²) in [6, 6.07) is 7.40. The summed E-state index contributed by atoms with van der Waals surface area (Å²) < 4.78 is 0. The molecule has 4 N–H and O–H groups in total. The molecule has 2 atom stereocenters. The predicted molar refractivity (Wildman–Crippen MR) is 51.2 cm³/mol. The summed E-state index contributed by atoms with van der Waals surface area (Å²) in [5.74, 6) is 0. The highest BCUT2D eigenvalue weighted by atomic mass is 16.3. The highest BCUT2D eigenvalue weighted by Gasteiger charge is 2.17. The maximum absolute atomic E-state index is 9.64. The second-order valence-corrected chi connectivity index (χ2v) is 3.10. The molecule has 0 spiro atoms. The van der Waals surface area contributed by atoms with Crippen LogP contribution in [0, 0.1) is 6.92 Å². The van der Waals surface area contributed by atoms with Gasteiger partial charge in [-0.2, -0.15) is 0 Å². The van der Waals surface area contributed by atoms with Gasteiger partial charge in [0.2, 0.25) is 0 Å². The van der Waals surface area contributed by atoms with Crippen LogP contribution < -0.4 is 5.73 Å². The van der Waals surface area contributed by atoms with E-state index in [0.717, 1.165) is 11.1 Å². The summed E-state index contributed by atoms with van der Waals surface area (Å²) in [5, 5.41) is 19.0. The minimum atomic E-state index is -0.888. The first-order valence-electron chi connectivity index (χ1n) is 4.28. The van der Waals surface area contributed by atoms with Gasteiger partial charge in [-0.3, -0.25) is 0 Å². The third kappa shape index (κ3) is 2.28. The monoisotopic (exact) mass is 181 g/mol. The Bertz CT molecular complexity index is 275. The zero-order valence-electron chi connectivity index (χ0n) is 7.64. The van der Waals surface area contributed by atoms with Gasteiger partial charge in [0.05, 0.1) is 6.10 Å². The minimum absolute atomic E-state index is 0.0650. The molecule has 0 aromatic heterocycles. The molecule has 0 aliphatic rings. The lowest BCUT2D eigenvalue weighted by molar-refractivity contribution is 0.0240. The second-order valence-electron chi connectivity index (χ2n) is 3.10. The molecule has 0 heterocycles. The van der Waals surface area contributed by atoms with Crippen molar-refractivity contribution in [1.82, 2.24) is 0 Å². The average molecular weight is 181 g/mol. The van der Waals surface area contributed by atoms with E-state index in [0.29, 0.717) is 0 Å². The number of hydrogen-bond donors (Lipinski definition) is 3. The van der Waals surface area contributed by atoms with Gasteiger partial charge in [0.25, 0.3) is 0 Å². The summed E-state index contributed by atoms with van der Waals surface area (Å²) in [6.07, 6.45) is -1.77. The Morgan fingerprint density at radius 1 is 1.31 bits per heavy atom. The molecule has 0 saturated carbocycles. The molecule has 3 nitrogen and oxygen atoms in total. The molecule has 0 radical (unpaired) electrons. The third-order valence-electron chi connectivity index (χ3n) is 2.11. The van der Waals surface area contributed by atoms with E-state index >= 15 is 0 Å². The SMILES string of the molecule is Cc1ccccc1C(O)C(O)CN. The van der Waals surface area contributed by atoms with Crippen molar-refractivity contribution >= 4 is 0 Å². The Balaban J connectivity index is 2.88. The quantitative estimate of drug-likeness (QED) is 0.630. The van der Waals surface area contributed by atoms with Gasteiger partial charge in [0.1, 0.15) is 6.10 Å². The first-order valence-corrected chi connectivity index (χ1v) is 4.28. The van der Waals surface area contributed by atoms with Crippen molar-refractivity contribution in [1.29, 1.82) is 0 Å². The van der Waals surface area contributed by atoms with E-state index < -0.39 is 12.2 Å². The maximum Gasteiger partial charge on any atom is 0.106 e. The second kappa shape index (κ2) is 4.37. The molecule has 0 bridgehead atoms. The van der Waals surface area contributed by atoms with Crippen LogP contribution in [0.5, 0.6) is 0 Å². The summed E-state index contributed by atoms with van der Waals surface area (Å²) in [5.41, 5.74) is 6.95. The topological polar surface area (TPSA) is 66.5 Å². The third-order valence-corrected chi connectivity index (χ3v) is 2.11. The highest BCUT2D eigenvalue weighted by molar-refractivity contribution is 5.28. The van der Waals surface area contributed by atoms with E-state index in [9.17, 15) is 10.2 Å². The summed E-state index contributed by atoms with van der Waals surface area (Å²) >= 11 is 0. The maximum atomic E-state index is 9.64. The van der Waals surface area contributed by atoms with Crippen LogP contribution in [0.3, 0.4) is 0 Å². The van der Waals surface area contributed by atoms with Crippen molar-refractivity contribution in [3.05, 3.63) is 35.4 Å². The Morgan fingerprint density at radius 2 is 1.92 bits per heavy atom. The fraction of sp³-hybridized carbons (Fsp3) is 0.400. The van der Waals surface area contributed by atoms with Crippen LogP contribution in [0.25, 0.3) is 0 Å². The summed E-state index contributed by atoms with van der Waals surface area (Å²) in [6.45, 7) is 1.96. The van der Waals surface area contributed by atoms with Crippen LogP contribution >= 0.6 is 0 Å². The van der Waals surface area contributed by atoms with E-state index in [1.165, 1.54) is 0 Å². The van der Waals surface area contributed by atoms with Crippen molar-refractivity contribution in [2.24, 2.45) is 5.73 Å². The Hall–Kier alpha value is -0.900. The largest absolute Gasteiger partial charge is 0.389 e. The van der Waals surface area contributed by atoms with Gasteiger partial charge in [-0.15, -0.1) is 0 Å². The Labute approximate surface area is 77.8 Å². The van der Waals surface area contributed by atoms with Crippen LogP contribution in [0.4, 0.5) is 0 Å². The molecule has 1 rings (SSSR count). The van der Waals surface area contributed by atoms with E-state index in [1.807, 2.05) is 25.1 Å². The fourth-order valence-electron chi connectivity index (χ4n) is 1.25. The number of aliphatic hydroxyl groups is 2. The van der Waals surface area contributed by atoms with Crippen molar-refractivity contribution in [3.63, 3.8) is 0 Å². The van der Waals surface area contributed by atoms with Crippen LogP contribution in [0.15, 0.2) is 24.3 Å². The molecule has 72 valence electrons. The highest BCUT2D eigenvalue weighted by Crippen LogP contribution is 2.19. The number of hydrogen-bond acceptors (Lipinski definition) is 3. The van der Waals surface area contributed by atoms with E-state index in [-0.39, 0.29) is 6.54 Å². The van der Waals surface area contributed by atoms with Crippen LogP contribution in [0.1, 0.15) is 17.2 Å². The molecule has 1 aromatic carbocycles. The van der Waals surface area contributed by atoms with E-state index in [2.05, 4.69) is 0 Å². The molecule has 0 aliphatic carbocycles. The van der Waals surface area contributed by atoms with Gasteiger partial charge in [-0.25, -0.2) is 0 Å². The van der Waals surface area contributed by atoms with Crippen LogP contribution in [-0.2, 0) is 0 Å². The zero-order chi connectivity index (χ0) is 9.84. The Morgan fingerprint density at radius 3 is 2.46 bits per heavy atom. The first kappa shape index (κ1) is 10.2. The molecule has 0 saturated heterocycles. The van der Waals surface area contributed by atoms with Crippen molar-refractivity contribution in [2.45, 2.75) is 19.1 Å². The molecule has 13 heavy (non-hydrogen) atoms. The smallest absolute Gasteiger partial charge is 0.106 e. The van der Waals surface area contributed by atoms with Crippen molar-refractivity contribution in [3.8, 4) is 0 Å². The van der Waals surface area contributed by atoms with E-state index in [4.69, 9.17) is 5.73 Å². The summed E-state index contributed by atoms with van der Waals surface area (Å²) in [7, 11) is 0. The molecule has 0 amide bonds. The molecular weight excluding hydrogens is 166 g/mol. The van der Waals surface area contributed by atoms with Crippen molar-refractivity contribution < 1.29 is 10.2 Å². The normalized spacial score (nSPS) is 15.4. The fourth-order valence-corrected chi connectivity index (χ4v) is 1.25. The van der Waals surface area contributed by atoms with Gasteiger partial charge >= 0.3 is 0 Å². The molecule has 3 heteroatoms. The lowest BCUT2D eigenvalue weighted by atomic mass is 10.00. The molecule has 2 unspecified atom stereocenters. The van der Waals surface area contributed by atoms with Gasteiger partial charge < -0.3 is 15.9 Å². The minimum Gasteiger partial charge on any atom is -0.389 e. The molecule has 0 fully saturated rings. The van der Waals surface area contributed by atoms with Crippen LogP contribution in [-0.4, -0.2) is 22.9 Å². The molecule has 0 aliphatic heterocycles. The average Bonchev–Trinajstić information content (AvgIpc) is 2.16. The summed E-state index contributed by atoms with van der Waals surface area (Å²) in [4.78, 5) is 0. The standard InChI is InChI=1S/C10H15NO2/c1-7-4-2-3-5-8(7)10(13)9(12)6-11/h2-5,9-10,12-13H,6,11H2,1H3. The number of aliphatic hydroxyl groups excluding tert-OH is 2. The predicted octanol–water partition coefficient (Wildman–Crippen LogP) is 0.348. The lowest BCUT2D eigenvalue weighted by Gasteiger charge is -2.17. The lowest BCUT2D eigenvalue weighted by Crippen LogP contribution is -2.27. The number of aryl methyl sites for hydroxylation is 1. The van der Waals surface area contributed by atoms with Gasteiger partial charge in [-0.05, 0) is 18.1 Å². The van der Waals surface area contributed by atoms with Crippen LogP contribution in [0.2, 0.25) is 0 Å². The van der Waals surface area contributed by atoms with E-state index in [1.54, 1.807) is 6.07 Å².